The van der Waals surface area contributed by atoms with E-state index in [4.69, 9.17) is 21.1 Å². The van der Waals surface area contributed by atoms with Gasteiger partial charge in [-0.25, -0.2) is 9.97 Å². The quantitative estimate of drug-likeness (QED) is 0.756. The van der Waals surface area contributed by atoms with Gasteiger partial charge in [-0.15, -0.1) is 0 Å². The van der Waals surface area contributed by atoms with Gasteiger partial charge in [-0.1, -0.05) is 23.7 Å². The van der Waals surface area contributed by atoms with Crippen molar-refractivity contribution in [2.75, 3.05) is 13.7 Å². The van der Waals surface area contributed by atoms with Crippen LogP contribution in [-0.2, 0) is 11.3 Å². The number of hydrogen-bond donors (Lipinski definition) is 0. The van der Waals surface area contributed by atoms with Crippen LogP contribution in [0.4, 0.5) is 0 Å². The normalized spacial score (nSPS) is 10.6. The van der Waals surface area contributed by atoms with Crippen LogP contribution in [0.2, 0.25) is 5.15 Å². The Hall–Kier alpha value is -1.17. The van der Waals surface area contributed by atoms with E-state index >= 15 is 0 Å². The Morgan fingerprint density at radius 2 is 2.10 bits per heavy atom. The van der Waals surface area contributed by atoms with E-state index in [-0.39, 0.29) is 0 Å². The first kappa shape index (κ1) is 15.2. The highest BCUT2D eigenvalue weighted by molar-refractivity contribution is 9.10. The maximum atomic E-state index is 6.12. The molecule has 0 atom stereocenters. The summed E-state index contributed by atoms with van der Waals surface area (Å²) in [5.74, 6) is 1.33. The standard InChI is InChI=1S/C14H14BrClN2O2/c1-3-20-10-6-4-5-9(7-10)14-17-11(8-19-2)12(15)13(16)18-14/h4-7H,3,8H2,1-2H3. The molecule has 20 heavy (non-hydrogen) atoms. The summed E-state index contributed by atoms with van der Waals surface area (Å²) in [5, 5.41) is 0.365. The third-order valence-corrected chi connectivity index (χ3v) is 3.90. The monoisotopic (exact) mass is 356 g/mol. The summed E-state index contributed by atoms with van der Waals surface area (Å²) in [5.41, 5.74) is 1.56. The predicted octanol–water partition coefficient (Wildman–Crippen LogP) is 4.10. The summed E-state index contributed by atoms with van der Waals surface area (Å²) in [7, 11) is 1.61. The van der Waals surface area contributed by atoms with Gasteiger partial charge >= 0.3 is 0 Å². The van der Waals surface area contributed by atoms with Gasteiger partial charge in [0.1, 0.15) is 10.9 Å². The van der Waals surface area contributed by atoms with Crippen molar-refractivity contribution in [1.82, 2.24) is 9.97 Å². The zero-order chi connectivity index (χ0) is 14.5. The molecular weight excluding hydrogens is 344 g/mol. The number of nitrogens with zero attached hydrogens (tertiary/aromatic N) is 2. The molecule has 0 N–H and O–H groups in total. The molecule has 0 unspecified atom stereocenters. The largest absolute Gasteiger partial charge is 0.494 e. The molecule has 6 heteroatoms. The van der Waals surface area contributed by atoms with Crippen LogP contribution in [0, 0.1) is 0 Å². The Labute approximate surface area is 131 Å². The Balaban J connectivity index is 2.44. The fourth-order valence-electron chi connectivity index (χ4n) is 1.72. The van der Waals surface area contributed by atoms with Crippen LogP contribution in [0.1, 0.15) is 12.6 Å². The van der Waals surface area contributed by atoms with Crippen molar-refractivity contribution in [1.29, 1.82) is 0 Å². The fourth-order valence-corrected chi connectivity index (χ4v) is 2.20. The number of ether oxygens (including phenoxy) is 2. The Bertz CT molecular complexity index is 608. The van der Waals surface area contributed by atoms with E-state index in [1.807, 2.05) is 31.2 Å². The van der Waals surface area contributed by atoms with E-state index in [0.29, 0.717) is 34.4 Å². The van der Waals surface area contributed by atoms with Gasteiger partial charge in [-0.3, -0.25) is 0 Å². The number of methoxy groups -OCH3 is 1. The molecule has 106 valence electrons. The summed E-state index contributed by atoms with van der Waals surface area (Å²) in [6.07, 6.45) is 0. The smallest absolute Gasteiger partial charge is 0.161 e. The molecule has 0 aliphatic carbocycles. The molecular formula is C14H14BrClN2O2. The van der Waals surface area contributed by atoms with Crippen molar-refractivity contribution in [2.45, 2.75) is 13.5 Å². The van der Waals surface area contributed by atoms with Crippen LogP contribution >= 0.6 is 27.5 Å². The zero-order valence-electron chi connectivity index (χ0n) is 11.2. The van der Waals surface area contributed by atoms with Crippen LogP contribution in [0.3, 0.4) is 0 Å². The molecule has 0 saturated carbocycles. The minimum atomic E-state index is 0.362. The van der Waals surface area contributed by atoms with Crippen molar-refractivity contribution in [3.05, 3.63) is 39.6 Å². The lowest BCUT2D eigenvalue weighted by atomic mass is 10.2. The van der Waals surface area contributed by atoms with Crippen LogP contribution in [0.15, 0.2) is 28.7 Å². The van der Waals surface area contributed by atoms with Crippen molar-refractivity contribution in [3.8, 4) is 17.1 Å². The maximum absolute atomic E-state index is 6.12. The molecule has 0 fully saturated rings. The lowest BCUT2D eigenvalue weighted by molar-refractivity contribution is 0.181. The van der Waals surface area contributed by atoms with Gasteiger partial charge in [0.25, 0.3) is 0 Å². The third-order valence-electron chi connectivity index (χ3n) is 2.56. The SMILES string of the molecule is CCOc1cccc(-c2nc(Cl)c(Br)c(COC)n2)c1. The Kier molecular flexibility index (Phi) is 5.34. The summed E-state index contributed by atoms with van der Waals surface area (Å²) in [4.78, 5) is 8.75. The molecule has 0 radical (unpaired) electrons. The van der Waals surface area contributed by atoms with Crippen molar-refractivity contribution >= 4 is 27.5 Å². The van der Waals surface area contributed by atoms with Gasteiger partial charge in [0, 0.05) is 12.7 Å². The number of rotatable bonds is 5. The summed E-state index contributed by atoms with van der Waals surface area (Å²) in [6.45, 7) is 2.91. The van der Waals surface area contributed by atoms with E-state index in [2.05, 4.69) is 25.9 Å². The van der Waals surface area contributed by atoms with Crippen molar-refractivity contribution < 1.29 is 9.47 Å². The average Bonchev–Trinajstić information content (AvgIpc) is 2.44. The second-order valence-corrected chi connectivity index (χ2v) is 5.14. The molecule has 0 bridgehead atoms. The van der Waals surface area contributed by atoms with Crippen LogP contribution in [-0.4, -0.2) is 23.7 Å². The fraction of sp³-hybridized carbons (Fsp3) is 0.286. The molecule has 0 aliphatic rings. The minimum Gasteiger partial charge on any atom is -0.494 e. The number of hydrogen-bond acceptors (Lipinski definition) is 4. The number of halogens is 2. The van der Waals surface area contributed by atoms with Gasteiger partial charge in [0.05, 0.1) is 23.4 Å². The maximum Gasteiger partial charge on any atom is 0.161 e. The summed E-state index contributed by atoms with van der Waals surface area (Å²) in [6, 6.07) is 7.59. The van der Waals surface area contributed by atoms with Gasteiger partial charge in [0.2, 0.25) is 0 Å². The van der Waals surface area contributed by atoms with Gasteiger partial charge in [-0.2, -0.15) is 0 Å². The first-order valence-electron chi connectivity index (χ1n) is 6.09. The Morgan fingerprint density at radius 3 is 2.80 bits per heavy atom. The first-order valence-corrected chi connectivity index (χ1v) is 7.27. The van der Waals surface area contributed by atoms with E-state index in [9.17, 15) is 0 Å². The highest BCUT2D eigenvalue weighted by Crippen LogP contribution is 2.28. The zero-order valence-corrected chi connectivity index (χ0v) is 13.5. The van der Waals surface area contributed by atoms with E-state index < -0.39 is 0 Å². The molecule has 0 aliphatic heterocycles. The number of aromatic nitrogens is 2. The highest BCUT2D eigenvalue weighted by Gasteiger charge is 2.12. The summed E-state index contributed by atoms with van der Waals surface area (Å²) >= 11 is 9.49. The summed E-state index contributed by atoms with van der Waals surface area (Å²) < 4.78 is 11.2. The molecule has 0 spiro atoms. The van der Waals surface area contributed by atoms with Crippen LogP contribution < -0.4 is 4.74 Å². The second kappa shape index (κ2) is 7.02. The lowest BCUT2D eigenvalue weighted by Crippen LogP contribution is -2.00. The molecule has 1 heterocycles. The van der Waals surface area contributed by atoms with E-state index in [0.717, 1.165) is 11.3 Å². The minimum absolute atomic E-state index is 0.362. The van der Waals surface area contributed by atoms with Crippen molar-refractivity contribution in [3.63, 3.8) is 0 Å². The molecule has 1 aromatic carbocycles. The molecule has 2 aromatic rings. The lowest BCUT2D eigenvalue weighted by Gasteiger charge is -2.09. The predicted molar refractivity (Wildman–Crippen MR) is 82.1 cm³/mol. The first-order chi connectivity index (χ1) is 9.65. The highest BCUT2D eigenvalue weighted by atomic mass is 79.9. The van der Waals surface area contributed by atoms with E-state index in [1.165, 1.54) is 0 Å². The molecule has 2 rings (SSSR count). The third kappa shape index (κ3) is 3.48. The van der Waals surface area contributed by atoms with Crippen LogP contribution in [0.25, 0.3) is 11.4 Å². The topological polar surface area (TPSA) is 44.2 Å². The van der Waals surface area contributed by atoms with Gasteiger partial charge in [-0.05, 0) is 35.0 Å². The Morgan fingerprint density at radius 1 is 1.30 bits per heavy atom. The molecule has 0 saturated heterocycles. The van der Waals surface area contributed by atoms with Gasteiger partial charge in [0.15, 0.2) is 5.82 Å². The van der Waals surface area contributed by atoms with Crippen molar-refractivity contribution in [2.24, 2.45) is 0 Å². The molecule has 0 amide bonds. The molecule has 1 aromatic heterocycles. The average molecular weight is 358 g/mol. The second-order valence-electron chi connectivity index (χ2n) is 3.99. The van der Waals surface area contributed by atoms with Gasteiger partial charge < -0.3 is 9.47 Å². The van der Waals surface area contributed by atoms with Crippen LogP contribution in [0.5, 0.6) is 5.75 Å². The number of benzene rings is 1. The molecule has 4 nitrogen and oxygen atoms in total. The van der Waals surface area contributed by atoms with E-state index in [1.54, 1.807) is 7.11 Å².